The van der Waals surface area contributed by atoms with Gasteiger partial charge < -0.3 is 5.11 Å². The molecule has 1 aliphatic rings. The van der Waals surface area contributed by atoms with Gasteiger partial charge >= 0.3 is 0 Å². The Bertz CT molecular complexity index is 304. The van der Waals surface area contributed by atoms with Crippen LogP contribution in [0.3, 0.4) is 0 Å². The molecule has 1 aliphatic carbocycles. The lowest BCUT2D eigenvalue weighted by Crippen LogP contribution is -2.20. The molecule has 0 aromatic carbocycles. The fourth-order valence-electron chi connectivity index (χ4n) is 1.43. The van der Waals surface area contributed by atoms with Gasteiger partial charge in [-0.3, -0.25) is 0 Å². The Labute approximate surface area is 90.9 Å². The maximum absolute atomic E-state index is 9.90. The molecule has 1 saturated carbocycles. The lowest BCUT2D eigenvalue weighted by molar-refractivity contribution is 0.104. The first-order chi connectivity index (χ1) is 6.10. The van der Waals surface area contributed by atoms with Crippen molar-refractivity contribution in [3.05, 3.63) is 20.8 Å². The first-order valence-corrected chi connectivity index (χ1v) is 6.18. The summed E-state index contributed by atoms with van der Waals surface area (Å²) in [6.45, 7) is 2.17. The summed E-state index contributed by atoms with van der Waals surface area (Å²) in [7, 11) is 0. The molecule has 0 bridgehead atoms. The smallest absolute Gasteiger partial charge is 0.0641 e. The molecule has 1 heterocycles. The van der Waals surface area contributed by atoms with Crippen LogP contribution in [0, 0.1) is 5.41 Å². The summed E-state index contributed by atoms with van der Waals surface area (Å²) < 4.78 is 1.13. The van der Waals surface area contributed by atoms with Crippen molar-refractivity contribution in [3.63, 3.8) is 0 Å². The van der Waals surface area contributed by atoms with E-state index in [0.29, 0.717) is 0 Å². The van der Waals surface area contributed by atoms with Gasteiger partial charge in [0.15, 0.2) is 0 Å². The summed E-state index contributed by atoms with van der Waals surface area (Å²) in [5.41, 5.74) is 0.219. The van der Waals surface area contributed by atoms with Crippen molar-refractivity contribution in [3.8, 4) is 0 Å². The third kappa shape index (κ3) is 2.14. The standard InChI is InChI=1S/C10H13BrOS/c1-10(2-3-10)9(12)5-8-4-7(11)6-13-8/h4,6,9,12H,2-3,5H2,1H3. The summed E-state index contributed by atoms with van der Waals surface area (Å²) in [5.74, 6) is 0. The molecule has 1 aromatic heterocycles. The van der Waals surface area contributed by atoms with E-state index in [9.17, 15) is 5.11 Å². The Morgan fingerprint density at radius 2 is 2.38 bits per heavy atom. The summed E-state index contributed by atoms with van der Waals surface area (Å²) in [4.78, 5) is 1.27. The van der Waals surface area contributed by atoms with Gasteiger partial charge in [-0.2, -0.15) is 0 Å². The van der Waals surface area contributed by atoms with Crippen LogP contribution in [-0.2, 0) is 6.42 Å². The van der Waals surface area contributed by atoms with E-state index in [1.54, 1.807) is 11.3 Å². The number of aliphatic hydroxyl groups is 1. The molecule has 1 N–H and O–H groups in total. The van der Waals surface area contributed by atoms with E-state index in [0.717, 1.165) is 10.9 Å². The molecule has 0 radical (unpaired) electrons. The van der Waals surface area contributed by atoms with Gasteiger partial charge in [-0.05, 0) is 40.3 Å². The van der Waals surface area contributed by atoms with Crippen LogP contribution in [0.2, 0.25) is 0 Å². The highest BCUT2D eigenvalue weighted by atomic mass is 79.9. The zero-order valence-corrected chi connectivity index (χ0v) is 9.99. The fourth-order valence-corrected chi connectivity index (χ4v) is 2.92. The minimum Gasteiger partial charge on any atom is -0.392 e. The van der Waals surface area contributed by atoms with Gasteiger partial charge in [0, 0.05) is 21.2 Å². The van der Waals surface area contributed by atoms with E-state index in [4.69, 9.17) is 0 Å². The SMILES string of the molecule is CC1(C(O)Cc2cc(Br)cs2)CC1. The van der Waals surface area contributed by atoms with Crippen LogP contribution in [0.15, 0.2) is 15.9 Å². The van der Waals surface area contributed by atoms with Gasteiger partial charge in [0.2, 0.25) is 0 Å². The Balaban J connectivity index is 1.98. The second kappa shape index (κ2) is 3.37. The molecule has 1 nitrogen and oxygen atoms in total. The van der Waals surface area contributed by atoms with Crippen molar-refractivity contribution in [1.29, 1.82) is 0 Å². The largest absolute Gasteiger partial charge is 0.392 e. The molecule has 2 rings (SSSR count). The highest BCUT2D eigenvalue weighted by molar-refractivity contribution is 9.10. The van der Waals surface area contributed by atoms with E-state index in [1.807, 2.05) is 0 Å². The molecular formula is C10H13BrOS. The predicted molar refractivity (Wildman–Crippen MR) is 59.1 cm³/mol. The van der Waals surface area contributed by atoms with E-state index >= 15 is 0 Å². The van der Waals surface area contributed by atoms with Crippen LogP contribution in [0.5, 0.6) is 0 Å². The van der Waals surface area contributed by atoms with Crippen LogP contribution in [0.4, 0.5) is 0 Å². The molecule has 1 unspecified atom stereocenters. The summed E-state index contributed by atoms with van der Waals surface area (Å²) in [5, 5.41) is 12.0. The highest BCUT2D eigenvalue weighted by Gasteiger charge is 2.43. The zero-order valence-electron chi connectivity index (χ0n) is 7.59. The Hall–Kier alpha value is 0.140. The molecule has 3 heteroatoms. The number of rotatable bonds is 3. The molecule has 72 valence electrons. The van der Waals surface area contributed by atoms with E-state index in [-0.39, 0.29) is 11.5 Å². The molecule has 1 fully saturated rings. The van der Waals surface area contributed by atoms with Crippen molar-refractivity contribution >= 4 is 27.3 Å². The molecule has 13 heavy (non-hydrogen) atoms. The van der Waals surface area contributed by atoms with E-state index in [2.05, 4.69) is 34.3 Å². The predicted octanol–water partition coefficient (Wildman–Crippen LogP) is 3.21. The van der Waals surface area contributed by atoms with Gasteiger partial charge in [0.25, 0.3) is 0 Å². The van der Waals surface area contributed by atoms with Gasteiger partial charge in [0.1, 0.15) is 0 Å². The average Bonchev–Trinajstić information content (AvgIpc) is 2.69. The maximum atomic E-state index is 9.90. The molecule has 0 saturated heterocycles. The van der Waals surface area contributed by atoms with Crippen molar-refractivity contribution in [2.75, 3.05) is 0 Å². The number of hydrogen-bond donors (Lipinski definition) is 1. The van der Waals surface area contributed by atoms with Crippen LogP contribution in [0.25, 0.3) is 0 Å². The van der Waals surface area contributed by atoms with Gasteiger partial charge in [-0.15, -0.1) is 11.3 Å². The number of hydrogen-bond acceptors (Lipinski definition) is 2. The van der Waals surface area contributed by atoms with Crippen LogP contribution in [-0.4, -0.2) is 11.2 Å². The summed E-state index contributed by atoms with van der Waals surface area (Å²) in [6, 6.07) is 2.10. The monoisotopic (exact) mass is 260 g/mol. The minimum absolute atomic E-state index is 0.155. The molecule has 0 amide bonds. The second-order valence-corrected chi connectivity index (χ2v) is 6.02. The van der Waals surface area contributed by atoms with Crippen molar-refractivity contribution < 1.29 is 5.11 Å². The minimum atomic E-state index is -0.155. The average molecular weight is 261 g/mol. The molecule has 0 spiro atoms. The number of halogens is 1. The third-order valence-electron chi connectivity index (χ3n) is 2.86. The van der Waals surface area contributed by atoms with Gasteiger partial charge in [-0.1, -0.05) is 6.92 Å². The summed E-state index contributed by atoms with van der Waals surface area (Å²) >= 11 is 5.13. The highest BCUT2D eigenvalue weighted by Crippen LogP contribution is 2.49. The first-order valence-electron chi connectivity index (χ1n) is 4.51. The Morgan fingerprint density at radius 1 is 1.69 bits per heavy atom. The fraction of sp³-hybridized carbons (Fsp3) is 0.600. The van der Waals surface area contributed by atoms with E-state index in [1.165, 1.54) is 17.7 Å². The van der Waals surface area contributed by atoms with Crippen molar-refractivity contribution in [2.45, 2.75) is 32.3 Å². The number of thiophene rings is 1. The molecular weight excluding hydrogens is 248 g/mol. The Morgan fingerprint density at radius 3 is 2.85 bits per heavy atom. The van der Waals surface area contributed by atoms with Crippen molar-refractivity contribution in [1.82, 2.24) is 0 Å². The normalized spacial score (nSPS) is 21.5. The molecule has 1 aromatic rings. The van der Waals surface area contributed by atoms with Crippen LogP contribution in [0.1, 0.15) is 24.6 Å². The van der Waals surface area contributed by atoms with Gasteiger partial charge in [-0.25, -0.2) is 0 Å². The second-order valence-electron chi connectivity index (χ2n) is 4.11. The van der Waals surface area contributed by atoms with Gasteiger partial charge in [0.05, 0.1) is 6.10 Å². The topological polar surface area (TPSA) is 20.2 Å². The first kappa shape index (κ1) is 9.69. The third-order valence-corrected chi connectivity index (χ3v) is 4.58. The van der Waals surface area contributed by atoms with E-state index < -0.39 is 0 Å². The van der Waals surface area contributed by atoms with Crippen LogP contribution < -0.4 is 0 Å². The molecule has 1 atom stereocenters. The zero-order chi connectivity index (χ0) is 9.47. The van der Waals surface area contributed by atoms with Crippen LogP contribution >= 0.6 is 27.3 Å². The van der Waals surface area contributed by atoms with Crippen molar-refractivity contribution in [2.24, 2.45) is 5.41 Å². The quantitative estimate of drug-likeness (QED) is 0.885. The summed E-state index contributed by atoms with van der Waals surface area (Å²) in [6.07, 6.45) is 3.02. The Kier molecular flexibility index (Phi) is 2.51. The lowest BCUT2D eigenvalue weighted by Gasteiger charge is -2.15. The maximum Gasteiger partial charge on any atom is 0.0641 e. The lowest BCUT2D eigenvalue weighted by atomic mass is 9.99. The molecule has 0 aliphatic heterocycles. The number of aliphatic hydroxyl groups excluding tert-OH is 1.